The van der Waals surface area contributed by atoms with Gasteiger partial charge in [0.15, 0.2) is 0 Å². The topological polar surface area (TPSA) is 30.5 Å². The molecule has 3 nitrogen and oxygen atoms in total. The molecule has 2 saturated heterocycles. The van der Waals surface area contributed by atoms with Crippen LogP contribution in [0.15, 0.2) is 0 Å². The number of ether oxygens (including phenoxy) is 2. The molecule has 0 radical (unpaired) electrons. The maximum absolute atomic E-state index is 5.87. The SMILES string of the molecule is CC1CNC(C)(CC2CCOC2)OC1.Cl. The van der Waals surface area contributed by atoms with E-state index in [0.29, 0.717) is 11.8 Å². The first-order valence-corrected chi connectivity index (χ1v) is 5.65. The molecule has 2 rings (SSSR count). The Morgan fingerprint density at radius 3 is 2.73 bits per heavy atom. The lowest BCUT2D eigenvalue weighted by Gasteiger charge is -2.39. The fraction of sp³-hybridized carbons (Fsp3) is 1.00. The molecule has 3 atom stereocenters. The highest BCUT2D eigenvalue weighted by Crippen LogP contribution is 2.27. The summed E-state index contributed by atoms with van der Waals surface area (Å²) in [6.07, 6.45) is 2.27. The molecule has 0 spiro atoms. The van der Waals surface area contributed by atoms with Gasteiger partial charge in [0.05, 0.1) is 6.61 Å². The monoisotopic (exact) mass is 235 g/mol. The molecule has 1 N–H and O–H groups in total. The van der Waals surface area contributed by atoms with Crippen LogP contribution in [-0.2, 0) is 9.47 Å². The van der Waals surface area contributed by atoms with Crippen molar-refractivity contribution in [1.82, 2.24) is 5.32 Å². The van der Waals surface area contributed by atoms with Crippen LogP contribution in [0.1, 0.15) is 26.7 Å². The molecule has 0 saturated carbocycles. The molecule has 3 unspecified atom stereocenters. The molecule has 0 amide bonds. The summed E-state index contributed by atoms with van der Waals surface area (Å²) < 4.78 is 11.3. The van der Waals surface area contributed by atoms with Gasteiger partial charge in [0.2, 0.25) is 0 Å². The van der Waals surface area contributed by atoms with E-state index in [1.807, 2.05) is 0 Å². The van der Waals surface area contributed by atoms with E-state index in [0.717, 1.165) is 32.8 Å². The molecule has 0 aromatic heterocycles. The molecule has 0 bridgehead atoms. The van der Waals surface area contributed by atoms with Crippen molar-refractivity contribution in [3.05, 3.63) is 0 Å². The first-order valence-electron chi connectivity index (χ1n) is 5.65. The Balaban J connectivity index is 0.00000112. The molecule has 0 aromatic carbocycles. The Morgan fingerprint density at radius 2 is 2.20 bits per heavy atom. The van der Waals surface area contributed by atoms with Gasteiger partial charge in [-0.15, -0.1) is 12.4 Å². The van der Waals surface area contributed by atoms with E-state index >= 15 is 0 Å². The van der Waals surface area contributed by atoms with Crippen LogP contribution in [-0.4, -0.2) is 32.1 Å². The molecule has 0 aromatic rings. The maximum Gasteiger partial charge on any atom is 0.116 e. The minimum atomic E-state index is -0.106. The first kappa shape index (κ1) is 13.2. The van der Waals surface area contributed by atoms with Crippen molar-refractivity contribution in [2.24, 2.45) is 11.8 Å². The van der Waals surface area contributed by atoms with E-state index in [1.165, 1.54) is 6.42 Å². The first-order chi connectivity index (χ1) is 6.68. The Hall–Kier alpha value is 0.170. The minimum absolute atomic E-state index is 0. The second-order valence-corrected chi connectivity index (χ2v) is 4.96. The molecular formula is C11H22ClNO2. The van der Waals surface area contributed by atoms with Crippen LogP contribution >= 0.6 is 12.4 Å². The third-order valence-corrected chi connectivity index (χ3v) is 3.21. The number of halogens is 1. The zero-order valence-electron chi connectivity index (χ0n) is 9.62. The van der Waals surface area contributed by atoms with Crippen LogP contribution in [0.5, 0.6) is 0 Å². The zero-order valence-corrected chi connectivity index (χ0v) is 10.4. The lowest BCUT2D eigenvalue weighted by Crippen LogP contribution is -2.53. The number of rotatable bonds is 2. The average molecular weight is 236 g/mol. The molecule has 2 fully saturated rings. The highest BCUT2D eigenvalue weighted by molar-refractivity contribution is 5.85. The maximum atomic E-state index is 5.87. The molecule has 2 aliphatic rings. The van der Waals surface area contributed by atoms with Crippen molar-refractivity contribution < 1.29 is 9.47 Å². The third kappa shape index (κ3) is 3.59. The summed E-state index contributed by atoms with van der Waals surface area (Å²) in [5.74, 6) is 1.32. The van der Waals surface area contributed by atoms with Crippen LogP contribution < -0.4 is 5.32 Å². The molecule has 15 heavy (non-hydrogen) atoms. The Labute approximate surface area is 98.3 Å². The fourth-order valence-electron chi connectivity index (χ4n) is 2.25. The van der Waals surface area contributed by atoms with Crippen molar-refractivity contribution in [1.29, 1.82) is 0 Å². The molecule has 2 heterocycles. The quantitative estimate of drug-likeness (QED) is 0.792. The van der Waals surface area contributed by atoms with Gasteiger partial charge in [0.1, 0.15) is 5.72 Å². The zero-order chi connectivity index (χ0) is 10.0. The molecule has 90 valence electrons. The number of nitrogens with one attached hydrogen (secondary N) is 1. The molecule has 2 aliphatic heterocycles. The third-order valence-electron chi connectivity index (χ3n) is 3.21. The lowest BCUT2D eigenvalue weighted by molar-refractivity contribution is -0.113. The summed E-state index contributed by atoms with van der Waals surface area (Å²) in [4.78, 5) is 0. The van der Waals surface area contributed by atoms with E-state index in [4.69, 9.17) is 9.47 Å². The van der Waals surface area contributed by atoms with Crippen LogP contribution in [0.25, 0.3) is 0 Å². The summed E-state index contributed by atoms with van der Waals surface area (Å²) in [6, 6.07) is 0. The summed E-state index contributed by atoms with van der Waals surface area (Å²) in [5.41, 5.74) is -0.106. The van der Waals surface area contributed by atoms with Gasteiger partial charge in [0, 0.05) is 19.8 Å². The molecule has 4 heteroatoms. The molecular weight excluding hydrogens is 214 g/mol. The summed E-state index contributed by atoms with van der Waals surface area (Å²) in [7, 11) is 0. The van der Waals surface area contributed by atoms with Gasteiger partial charge in [0.25, 0.3) is 0 Å². The van der Waals surface area contributed by atoms with Gasteiger partial charge in [-0.3, -0.25) is 5.32 Å². The Kier molecular flexibility index (Phi) is 4.84. The highest BCUT2D eigenvalue weighted by atomic mass is 35.5. The Bertz CT molecular complexity index is 187. The summed E-state index contributed by atoms with van der Waals surface area (Å²) in [6.45, 7) is 8.18. The van der Waals surface area contributed by atoms with Gasteiger partial charge in [-0.2, -0.15) is 0 Å². The van der Waals surface area contributed by atoms with Gasteiger partial charge in [-0.05, 0) is 31.6 Å². The van der Waals surface area contributed by atoms with Crippen LogP contribution in [0.4, 0.5) is 0 Å². The highest BCUT2D eigenvalue weighted by Gasteiger charge is 2.33. The van der Waals surface area contributed by atoms with Gasteiger partial charge < -0.3 is 9.47 Å². The van der Waals surface area contributed by atoms with Crippen molar-refractivity contribution in [3.8, 4) is 0 Å². The van der Waals surface area contributed by atoms with Crippen LogP contribution in [0.3, 0.4) is 0 Å². The van der Waals surface area contributed by atoms with Gasteiger partial charge in [-0.25, -0.2) is 0 Å². The van der Waals surface area contributed by atoms with E-state index in [9.17, 15) is 0 Å². The van der Waals surface area contributed by atoms with Gasteiger partial charge >= 0.3 is 0 Å². The molecule has 0 aliphatic carbocycles. The lowest BCUT2D eigenvalue weighted by atomic mass is 9.95. The smallest absolute Gasteiger partial charge is 0.116 e. The summed E-state index contributed by atoms with van der Waals surface area (Å²) >= 11 is 0. The number of hydrogen-bond donors (Lipinski definition) is 1. The van der Waals surface area contributed by atoms with Crippen molar-refractivity contribution in [2.75, 3.05) is 26.4 Å². The van der Waals surface area contributed by atoms with Crippen molar-refractivity contribution in [3.63, 3.8) is 0 Å². The van der Waals surface area contributed by atoms with Crippen molar-refractivity contribution in [2.45, 2.75) is 32.4 Å². The standard InChI is InChI=1S/C11H21NO2.ClH/c1-9-6-12-11(2,14-7-9)5-10-3-4-13-8-10;/h9-10,12H,3-8H2,1-2H3;1H. The van der Waals surface area contributed by atoms with E-state index in [2.05, 4.69) is 19.2 Å². The van der Waals surface area contributed by atoms with E-state index < -0.39 is 0 Å². The second-order valence-electron chi connectivity index (χ2n) is 4.96. The normalized spacial score (nSPS) is 41.2. The summed E-state index contributed by atoms with van der Waals surface area (Å²) in [5, 5.41) is 3.49. The predicted molar refractivity (Wildman–Crippen MR) is 62.3 cm³/mol. The van der Waals surface area contributed by atoms with Gasteiger partial charge in [-0.1, -0.05) is 6.92 Å². The second kappa shape index (κ2) is 5.48. The number of hydrogen-bond acceptors (Lipinski definition) is 3. The van der Waals surface area contributed by atoms with Crippen LogP contribution in [0, 0.1) is 11.8 Å². The Morgan fingerprint density at radius 1 is 1.40 bits per heavy atom. The van der Waals surface area contributed by atoms with Crippen molar-refractivity contribution >= 4 is 12.4 Å². The largest absolute Gasteiger partial charge is 0.381 e. The predicted octanol–water partition coefficient (Wildman–Crippen LogP) is 1.81. The van der Waals surface area contributed by atoms with E-state index in [1.54, 1.807) is 0 Å². The van der Waals surface area contributed by atoms with E-state index in [-0.39, 0.29) is 18.1 Å². The average Bonchev–Trinajstić information content (AvgIpc) is 2.63. The minimum Gasteiger partial charge on any atom is -0.381 e. The fourth-order valence-corrected chi connectivity index (χ4v) is 2.25. The van der Waals surface area contributed by atoms with Crippen LogP contribution in [0.2, 0.25) is 0 Å².